The van der Waals surface area contributed by atoms with Gasteiger partial charge in [-0.15, -0.1) is 0 Å². The third-order valence-corrected chi connectivity index (χ3v) is 2.35. The number of rotatable bonds is 6. The van der Waals surface area contributed by atoms with Gasteiger partial charge in [0.25, 0.3) is 0 Å². The number of carbonyl (C=O) groups is 1. The Labute approximate surface area is 94.8 Å². The minimum Gasteiger partial charge on any atom is -0.497 e. The highest BCUT2D eigenvalue weighted by molar-refractivity contribution is 5.68. The second kappa shape index (κ2) is 6.12. The van der Waals surface area contributed by atoms with Crippen molar-refractivity contribution in [3.8, 4) is 5.75 Å². The van der Waals surface area contributed by atoms with Crippen molar-refractivity contribution in [3.05, 3.63) is 29.8 Å². The predicted octanol–water partition coefficient (Wildman–Crippen LogP) is 1.90. The van der Waals surface area contributed by atoms with E-state index in [0.717, 1.165) is 11.3 Å². The van der Waals surface area contributed by atoms with Crippen LogP contribution in [0.3, 0.4) is 0 Å². The SMILES string of the molecule is COCC(CC(=O)O)c1cccc(OC)c1. The molecular formula is C12H16O4. The molecule has 0 heterocycles. The topological polar surface area (TPSA) is 55.8 Å². The molecule has 0 aromatic heterocycles. The molecule has 0 amide bonds. The van der Waals surface area contributed by atoms with E-state index in [4.69, 9.17) is 14.6 Å². The first-order valence-electron chi connectivity index (χ1n) is 5.02. The molecular weight excluding hydrogens is 208 g/mol. The number of ether oxygens (including phenoxy) is 2. The van der Waals surface area contributed by atoms with Crippen molar-refractivity contribution in [3.63, 3.8) is 0 Å². The molecule has 0 aliphatic carbocycles. The standard InChI is InChI=1S/C12H16O4/c1-15-8-10(7-12(13)14)9-4-3-5-11(6-9)16-2/h3-6,10H,7-8H2,1-2H3,(H,13,14). The summed E-state index contributed by atoms with van der Waals surface area (Å²) in [6, 6.07) is 7.40. The van der Waals surface area contributed by atoms with Crippen LogP contribution in [-0.2, 0) is 9.53 Å². The minimum atomic E-state index is -0.829. The predicted molar refractivity (Wildman–Crippen MR) is 59.9 cm³/mol. The van der Waals surface area contributed by atoms with Gasteiger partial charge in [0.05, 0.1) is 20.1 Å². The maximum absolute atomic E-state index is 10.7. The summed E-state index contributed by atoms with van der Waals surface area (Å²) in [5.41, 5.74) is 0.920. The summed E-state index contributed by atoms with van der Waals surface area (Å²) >= 11 is 0. The fourth-order valence-electron chi connectivity index (χ4n) is 1.58. The Morgan fingerprint density at radius 3 is 2.75 bits per heavy atom. The van der Waals surface area contributed by atoms with Gasteiger partial charge in [-0.25, -0.2) is 0 Å². The van der Waals surface area contributed by atoms with Crippen molar-refractivity contribution >= 4 is 5.97 Å². The van der Waals surface area contributed by atoms with Gasteiger partial charge >= 0.3 is 5.97 Å². The van der Waals surface area contributed by atoms with Crippen LogP contribution in [0.4, 0.5) is 0 Å². The van der Waals surface area contributed by atoms with E-state index in [0.29, 0.717) is 6.61 Å². The molecule has 88 valence electrons. The number of methoxy groups -OCH3 is 2. The zero-order valence-electron chi connectivity index (χ0n) is 9.47. The minimum absolute atomic E-state index is 0.0566. The first-order chi connectivity index (χ1) is 7.67. The Balaban J connectivity index is 2.86. The van der Waals surface area contributed by atoms with E-state index >= 15 is 0 Å². The van der Waals surface area contributed by atoms with Crippen LogP contribution in [0.2, 0.25) is 0 Å². The second-order valence-electron chi connectivity index (χ2n) is 3.53. The van der Waals surface area contributed by atoms with Gasteiger partial charge in [0.2, 0.25) is 0 Å². The number of aliphatic carboxylic acids is 1. The molecule has 1 aromatic carbocycles. The average molecular weight is 224 g/mol. The normalized spacial score (nSPS) is 12.1. The highest BCUT2D eigenvalue weighted by Crippen LogP contribution is 2.23. The molecule has 0 radical (unpaired) electrons. The van der Waals surface area contributed by atoms with Crippen LogP contribution < -0.4 is 4.74 Å². The quantitative estimate of drug-likeness (QED) is 0.801. The molecule has 0 spiro atoms. The molecule has 16 heavy (non-hydrogen) atoms. The molecule has 1 rings (SSSR count). The maximum atomic E-state index is 10.7. The van der Waals surface area contributed by atoms with Crippen LogP contribution in [0.15, 0.2) is 24.3 Å². The van der Waals surface area contributed by atoms with E-state index in [2.05, 4.69) is 0 Å². The van der Waals surface area contributed by atoms with E-state index in [1.807, 2.05) is 24.3 Å². The van der Waals surface area contributed by atoms with E-state index in [1.165, 1.54) is 0 Å². The zero-order chi connectivity index (χ0) is 12.0. The molecule has 0 aliphatic rings. The van der Waals surface area contributed by atoms with Crippen LogP contribution in [0.5, 0.6) is 5.75 Å². The van der Waals surface area contributed by atoms with Crippen LogP contribution in [0.25, 0.3) is 0 Å². The fourth-order valence-corrected chi connectivity index (χ4v) is 1.58. The van der Waals surface area contributed by atoms with Crippen LogP contribution in [-0.4, -0.2) is 31.9 Å². The van der Waals surface area contributed by atoms with Crippen molar-refractivity contribution in [1.29, 1.82) is 0 Å². The molecule has 4 heteroatoms. The summed E-state index contributed by atoms with van der Waals surface area (Å²) in [5, 5.41) is 8.81. The summed E-state index contributed by atoms with van der Waals surface area (Å²) in [7, 11) is 3.15. The molecule has 0 aliphatic heterocycles. The van der Waals surface area contributed by atoms with Crippen LogP contribution in [0, 0.1) is 0 Å². The fraction of sp³-hybridized carbons (Fsp3) is 0.417. The van der Waals surface area contributed by atoms with E-state index in [9.17, 15) is 4.79 Å². The third kappa shape index (κ3) is 3.55. The smallest absolute Gasteiger partial charge is 0.304 e. The Bertz CT molecular complexity index is 349. The van der Waals surface area contributed by atoms with Crippen LogP contribution in [0.1, 0.15) is 17.9 Å². The molecule has 1 aromatic rings. The van der Waals surface area contributed by atoms with Gasteiger partial charge in [0.1, 0.15) is 5.75 Å². The van der Waals surface area contributed by atoms with E-state index in [-0.39, 0.29) is 12.3 Å². The molecule has 0 saturated heterocycles. The molecule has 0 bridgehead atoms. The van der Waals surface area contributed by atoms with Gasteiger partial charge in [-0.05, 0) is 17.7 Å². The number of carboxylic acids is 1. The molecule has 0 saturated carbocycles. The van der Waals surface area contributed by atoms with E-state index in [1.54, 1.807) is 14.2 Å². The maximum Gasteiger partial charge on any atom is 0.304 e. The lowest BCUT2D eigenvalue weighted by Crippen LogP contribution is -2.11. The van der Waals surface area contributed by atoms with Gasteiger partial charge in [-0.3, -0.25) is 4.79 Å². The van der Waals surface area contributed by atoms with E-state index < -0.39 is 5.97 Å². The number of carboxylic acid groups (broad SMARTS) is 1. The summed E-state index contributed by atoms with van der Waals surface area (Å²) in [4.78, 5) is 10.7. The second-order valence-corrected chi connectivity index (χ2v) is 3.53. The summed E-state index contributed by atoms with van der Waals surface area (Å²) in [5.74, 6) is -0.244. The van der Waals surface area contributed by atoms with Gasteiger partial charge in [0.15, 0.2) is 0 Å². The van der Waals surface area contributed by atoms with Gasteiger partial charge in [-0.1, -0.05) is 12.1 Å². The zero-order valence-corrected chi connectivity index (χ0v) is 9.47. The Morgan fingerprint density at radius 2 is 2.19 bits per heavy atom. The largest absolute Gasteiger partial charge is 0.497 e. The summed E-state index contributed by atoms with van der Waals surface area (Å²) in [6.45, 7) is 0.388. The van der Waals surface area contributed by atoms with Gasteiger partial charge < -0.3 is 14.6 Å². The summed E-state index contributed by atoms with van der Waals surface area (Å²) < 4.78 is 10.1. The van der Waals surface area contributed by atoms with Gasteiger partial charge in [0, 0.05) is 13.0 Å². The third-order valence-electron chi connectivity index (χ3n) is 2.35. The number of hydrogen-bond acceptors (Lipinski definition) is 3. The van der Waals surface area contributed by atoms with Crippen molar-refractivity contribution in [2.75, 3.05) is 20.8 Å². The lowest BCUT2D eigenvalue weighted by atomic mass is 9.96. The summed E-state index contributed by atoms with van der Waals surface area (Å²) in [6.07, 6.45) is 0.0566. The number of hydrogen-bond donors (Lipinski definition) is 1. The first kappa shape index (κ1) is 12.5. The highest BCUT2D eigenvalue weighted by atomic mass is 16.5. The molecule has 1 unspecified atom stereocenters. The van der Waals surface area contributed by atoms with Gasteiger partial charge in [-0.2, -0.15) is 0 Å². The van der Waals surface area contributed by atoms with Crippen molar-refractivity contribution in [2.45, 2.75) is 12.3 Å². The highest BCUT2D eigenvalue weighted by Gasteiger charge is 2.15. The average Bonchev–Trinajstić information content (AvgIpc) is 2.28. The lowest BCUT2D eigenvalue weighted by Gasteiger charge is -2.14. The van der Waals surface area contributed by atoms with Crippen molar-refractivity contribution in [1.82, 2.24) is 0 Å². The lowest BCUT2D eigenvalue weighted by molar-refractivity contribution is -0.137. The van der Waals surface area contributed by atoms with Crippen molar-refractivity contribution < 1.29 is 19.4 Å². The first-order valence-corrected chi connectivity index (χ1v) is 5.02. The molecule has 1 N–H and O–H groups in total. The monoisotopic (exact) mass is 224 g/mol. The Morgan fingerprint density at radius 1 is 1.44 bits per heavy atom. The molecule has 0 fully saturated rings. The number of benzene rings is 1. The van der Waals surface area contributed by atoms with Crippen LogP contribution >= 0.6 is 0 Å². The molecule has 1 atom stereocenters. The Kier molecular flexibility index (Phi) is 4.79. The Hall–Kier alpha value is -1.55. The van der Waals surface area contributed by atoms with Crippen molar-refractivity contribution in [2.24, 2.45) is 0 Å². The molecule has 4 nitrogen and oxygen atoms in total.